The number of aromatic nitrogens is 4. The average molecular weight is 304 g/mol. The Morgan fingerprint density at radius 1 is 1.32 bits per heavy atom. The molecule has 7 heteroatoms. The van der Waals surface area contributed by atoms with Gasteiger partial charge in [-0.3, -0.25) is 4.90 Å². The van der Waals surface area contributed by atoms with Gasteiger partial charge in [0.05, 0.1) is 12.2 Å². The smallest absolute Gasteiger partial charge is 0.254 e. The summed E-state index contributed by atoms with van der Waals surface area (Å²) in [5.74, 6) is 1.59. The quantitative estimate of drug-likeness (QED) is 0.841. The van der Waals surface area contributed by atoms with Crippen molar-refractivity contribution < 1.29 is 4.74 Å². The van der Waals surface area contributed by atoms with E-state index in [2.05, 4.69) is 39.1 Å². The molecule has 0 saturated carbocycles. The van der Waals surface area contributed by atoms with Crippen LogP contribution < -0.4 is 5.32 Å². The van der Waals surface area contributed by atoms with Gasteiger partial charge in [-0.25, -0.2) is 4.98 Å². The summed E-state index contributed by atoms with van der Waals surface area (Å²) in [6.07, 6.45) is 3.27. The highest BCUT2D eigenvalue weighted by Crippen LogP contribution is 2.12. The van der Waals surface area contributed by atoms with Gasteiger partial charge in [-0.1, -0.05) is 0 Å². The molecule has 0 aliphatic carbocycles. The molecule has 3 heterocycles. The van der Waals surface area contributed by atoms with E-state index in [1.807, 2.05) is 13.0 Å². The summed E-state index contributed by atoms with van der Waals surface area (Å²) in [5.41, 5.74) is 0.943. The minimum atomic E-state index is 0.328. The highest BCUT2D eigenvalue weighted by atomic mass is 16.5. The first-order valence-electron chi connectivity index (χ1n) is 7.91. The van der Waals surface area contributed by atoms with Crippen molar-refractivity contribution in [2.24, 2.45) is 0 Å². The lowest BCUT2D eigenvalue weighted by Gasteiger charge is -2.35. The third-order valence-corrected chi connectivity index (χ3v) is 3.83. The fraction of sp³-hybridized carbons (Fsp3) is 0.667. The molecule has 1 saturated heterocycles. The SMILES string of the molecule is Cc1cc(NCCCN2C[C@@H](C)O[C@H](C)C2)n2ncnc2n1. The van der Waals surface area contributed by atoms with Crippen LogP contribution >= 0.6 is 0 Å². The second kappa shape index (κ2) is 6.58. The van der Waals surface area contributed by atoms with Crippen molar-refractivity contribution in [2.45, 2.75) is 39.4 Å². The molecule has 1 fully saturated rings. The lowest BCUT2D eigenvalue weighted by Crippen LogP contribution is -2.45. The number of rotatable bonds is 5. The molecule has 0 spiro atoms. The lowest BCUT2D eigenvalue weighted by atomic mass is 10.2. The molecular weight excluding hydrogens is 280 g/mol. The predicted octanol–water partition coefficient (Wildman–Crippen LogP) is 1.34. The normalized spacial score (nSPS) is 23.0. The number of nitrogens with one attached hydrogen (secondary N) is 1. The van der Waals surface area contributed by atoms with E-state index < -0.39 is 0 Å². The fourth-order valence-electron chi connectivity index (χ4n) is 3.04. The van der Waals surface area contributed by atoms with Gasteiger partial charge in [0.25, 0.3) is 5.78 Å². The van der Waals surface area contributed by atoms with Crippen molar-refractivity contribution in [1.29, 1.82) is 0 Å². The van der Waals surface area contributed by atoms with E-state index in [1.54, 1.807) is 4.52 Å². The van der Waals surface area contributed by atoms with Gasteiger partial charge in [-0.05, 0) is 27.2 Å². The van der Waals surface area contributed by atoms with Crippen LogP contribution in [0.2, 0.25) is 0 Å². The van der Waals surface area contributed by atoms with E-state index in [9.17, 15) is 0 Å². The van der Waals surface area contributed by atoms with Crippen LogP contribution in [-0.2, 0) is 4.74 Å². The number of morpholine rings is 1. The Labute approximate surface area is 130 Å². The zero-order chi connectivity index (χ0) is 15.5. The van der Waals surface area contributed by atoms with Crippen molar-refractivity contribution in [3.63, 3.8) is 0 Å². The Hall–Kier alpha value is -1.73. The van der Waals surface area contributed by atoms with Crippen LogP contribution in [0.1, 0.15) is 26.0 Å². The second-order valence-corrected chi connectivity index (χ2v) is 6.05. The van der Waals surface area contributed by atoms with E-state index in [0.29, 0.717) is 18.0 Å². The van der Waals surface area contributed by atoms with E-state index in [-0.39, 0.29) is 0 Å². The Morgan fingerprint density at radius 3 is 2.86 bits per heavy atom. The van der Waals surface area contributed by atoms with Crippen LogP contribution in [0.3, 0.4) is 0 Å². The minimum absolute atomic E-state index is 0.328. The Bertz CT molecular complexity index is 618. The van der Waals surface area contributed by atoms with Crippen LogP contribution in [0.4, 0.5) is 5.82 Å². The van der Waals surface area contributed by atoms with Crippen LogP contribution in [0.25, 0.3) is 5.78 Å². The van der Waals surface area contributed by atoms with Gasteiger partial charge in [0.15, 0.2) is 0 Å². The molecule has 3 rings (SSSR count). The third-order valence-electron chi connectivity index (χ3n) is 3.83. The van der Waals surface area contributed by atoms with E-state index in [1.165, 1.54) is 6.33 Å². The van der Waals surface area contributed by atoms with Crippen molar-refractivity contribution in [3.8, 4) is 0 Å². The largest absolute Gasteiger partial charge is 0.373 e. The van der Waals surface area contributed by atoms with E-state index in [4.69, 9.17) is 4.74 Å². The molecule has 120 valence electrons. The first-order valence-corrected chi connectivity index (χ1v) is 7.91. The molecule has 22 heavy (non-hydrogen) atoms. The number of ether oxygens (including phenoxy) is 1. The van der Waals surface area contributed by atoms with Crippen LogP contribution in [-0.4, -0.2) is 62.9 Å². The predicted molar refractivity (Wildman–Crippen MR) is 85.1 cm³/mol. The number of hydrogen-bond acceptors (Lipinski definition) is 6. The lowest BCUT2D eigenvalue weighted by molar-refractivity contribution is -0.0678. The van der Waals surface area contributed by atoms with Crippen molar-refractivity contribution in [2.75, 3.05) is 31.5 Å². The highest BCUT2D eigenvalue weighted by Gasteiger charge is 2.21. The summed E-state index contributed by atoms with van der Waals surface area (Å²) >= 11 is 0. The molecule has 1 aliphatic heterocycles. The molecule has 2 aromatic heterocycles. The maximum Gasteiger partial charge on any atom is 0.254 e. The summed E-state index contributed by atoms with van der Waals surface area (Å²) in [7, 11) is 0. The summed E-state index contributed by atoms with van der Waals surface area (Å²) in [4.78, 5) is 11.0. The molecule has 1 N–H and O–H groups in total. The Morgan fingerprint density at radius 2 is 2.09 bits per heavy atom. The summed E-state index contributed by atoms with van der Waals surface area (Å²) in [6, 6.07) is 2.00. The van der Waals surface area contributed by atoms with Gasteiger partial charge in [0.1, 0.15) is 12.1 Å². The molecule has 0 amide bonds. The Kier molecular flexibility index (Phi) is 4.54. The van der Waals surface area contributed by atoms with Crippen molar-refractivity contribution in [3.05, 3.63) is 18.1 Å². The standard InChI is InChI=1S/C15H24N6O/c1-11-7-14(21-15(19-11)17-10-18-21)16-5-4-6-20-8-12(2)22-13(3)9-20/h7,10,12-13,16H,4-6,8-9H2,1-3H3/t12-,13-/m1/s1. The van der Waals surface area contributed by atoms with Gasteiger partial charge >= 0.3 is 0 Å². The molecule has 0 aromatic carbocycles. The van der Waals surface area contributed by atoms with Crippen molar-refractivity contribution in [1.82, 2.24) is 24.5 Å². The number of hydrogen-bond donors (Lipinski definition) is 1. The molecule has 0 unspecified atom stereocenters. The first kappa shape index (κ1) is 15.2. The molecule has 2 aromatic rings. The molecule has 0 radical (unpaired) electrons. The van der Waals surface area contributed by atoms with Crippen LogP contribution in [0.5, 0.6) is 0 Å². The summed E-state index contributed by atoms with van der Waals surface area (Å²) in [5, 5.41) is 7.64. The van der Waals surface area contributed by atoms with Crippen LogP contribution in [0, 0.1) is 6.92 Å². The minimum Gasteiger partial charge on any atom is -0.373 e. The van der Waals surface area contributed by atoms with Gasteiger partial charge in [0.2, 0.25) is 0 Å². The topological polar surface area (TPSA) is 67.6 Å². The molecule has 2 atom stereocenters. The van der Waals surface area contributed by atoms with Gasteiger partial charge < -0.3 is 10.1 Å². The first-order chi connectivity index (χ1) is 10.6. The zero-order valence-electron chi connectivity index (χ0n) is 13.5. The highest BCUT2D eigenvalue weighted by molar-refractivity contribution is 5.44. The number of aryl methyl sites for hydroxylation is 1. The summed E-state index contributed by atoms with van der Waals surface area (Å²) < 4.78 is 7.50. The van der Waals surface area contributed by atoms with Gasteiger partial charge in [-0.15, -0.1) is 0 Å². The summed E-state index contributed by atoms with van der Waals surface area (Å²) in [6.45, 7) is 10.3. The van der Waals surface area contributed by atoms with Gasteiger partial charge in [-0.2, -0.15) is 14.6 Å². The van der Waals surface area contributed by atoms with E-state index >= 15 is 0 Å². The van der Waals surface area contributed by atoms with Crippen LogP contribution in [0.15, 0.2) is 12.4 Å². The third kappa shape index (κ3) is 3.53. The molecular formula is C15H24N6O. The number of fused-ring (bicyclic) bond motifs is 1. The molecule has 7 nitrogen and oxygen atoms in total. The average Bonchev–Trinajstić information content (AvgIpc) is 2.90. The molecule has 1 aliphatic rings. The second-order valence-electron chi connectivity index (χ2n) is 6.05. The van der Waals surface area contributed by atoms with Gasteiger partial charge in [0, 0.05) is 37.9 Å². The molecule has 0 bridgehead atoms. The van der Waals surface area contributed by atoms with Crippen molar-refractivity contribution >= 4 is 11.6 Å². The Balaban J connectivity index is 1.51. The maximum atomic E-state index is 5.76. The number of anilines is 1. The van der Waals surface area contributed by atoms with E-state index in [0.717, 1.165) is 44.1 Å². The fourth-order valence-corrected chi connectivity index (χ4v) is 3.04. The zero-order valence-corrected chi connectivity index (χ0v) is 13.5. The number of nitrogens with zero attached hydrogens (tertiary/aromatic N) is 5. The maximum absolute atomic E-state index is 5.76. The monoisotopic (exact) mass is 304 g/mol.